The number of aryl methyl sites for hydroxylation is 1. The highest BCUT2D eigenvalue weighted by Crippen LogP contribution is 2.27. The van der Waals surface area contributed by atoms with E-state index in [2.05, 4.69) is 15.0 Å². The van der Waals surface area contributed by atoms with E-state index in [9.17, 15) is 9.59 Å². The summed E-state index contributed by atoms with van der Waals surface area (Å²) in [4.78, 5) is 25.7. The van der Waals surface area contributed by atoms with Gasteiger partial charge in [0.05, 0.1) is 29.4 Å². The second-order valence-electron chi connectivity index (χ2n) is 6.07. The van der Waals surface area contributed by atoms with Crippen LogP contribution in [0, 0.1) is 0 Å². The standard InChI is InChI=1S/C17H18Cl2N4O3/c1-26-17(25)14-10-23(21-20-14)12-7-8-22(9-12)15(24)6-5-11-3-2-4-13(18)16(11)19/h2-4,10,12H,5-9H2,1H3/t12-/m1/s1. The second kappa shape index (κ2) is 8.05. The molecule has 1 amide bonds. The largest absolute Gasteiger partial charge is 0.464 e. The van der Waals surface area contributed by atoms with Crippen molar-refractivity contribution in [3.05, 3.63) is 45.7 Å². The van der Waals surface area contributed by atoms with Gasteiger partial charge in [0.25, 0.3) is 0 Å². The number of hydrogen-bond donors (Lipinski definition) is 0. The maximum Gasteiger partial charge on any atom is 0.360 e. The van der Waals surface area contributed by atoms with E-state index < -0.39 is 5.97 Å². The molecule has 0 unspecified atom stereocenters. The third-order valence-electron chi connectivity index (χ3n) is 4.43. The van der Waals surface area contributed by atoms with Crippen LogP contribution in [0.2, 0.25) is 10.0 Å². The van der Waals surface area contributed by atoms with Crippen LogP contribution < -0.4 is 0 Å². The number of benzene rings is 1. The average Bonchev–Trinajstić information content (AvgIpc) is 3.31. The predicted molar refractivity (Wildman–Crippen MR) is 96.4 cm³/mol. The highest BCUT2D eigenvalue weighted by molar-refractivity contribution is 6.42. The van der Waals surface area contributed by atoms with E-state index in [0.29, 0.717) is 36.0 Å². The van der Waals surface area contributed by atoms with Gasteiger partial charge in [0.1, 0.15) is 0 Å². The Balaban J connectivity index is 1.56. The molecule has 1 aliphatic heterocycles. The Morgan fingerprint density at radius 1 is 1.35 bits per heavy atom. The van der Waals surface area contributed by atoms with Gasteiger partial charge in [0.2, 0.25) is 5.91 Å². The van der Waals surface area contributed by atoms with Crippen LogP contribution in [0.25, 0.3) is 0 Å². The Morgan fingerprint density at radius 2 is 2.15 bits per heavy atom. The van der Waals surface area contributed by atoms with E-state index in [4.69, 9.17) is 23.2 Å². The number of rotatable bonds is 5. The van der Waals surface area contributed by atoms with Crippen LogP contribution in [0.1, 0.15) is 34.9 Å². The summed E-state index contributed by atoms with van der Waals surface area (Å²) in [5.41, 5.74) is 1.02. The number of likely N-dealkylation sites (tertiary alicyclic amines) is 1. The van der Waals surface area contributed by atoms with Gasteiger partial charge in [-0.15, -0.1) is 5.10 Å². The molecule has 0 radical (unpaired) electrons. The first kappa shape index (κ1) is 18.7. The number of carbonyl (C=O) groups is 2. The summed E-state index contributed by atoms with van der Waals surface area (Å²) in [5, 5.41) is 8.77. The molecule has 2 aromatic rings. The molecule has 1 aliphatic rings. The van der Waals surface area contributed by atoms with Crippen molar-refractivity contribution in [2.75, 3.05) is 20.2 Å². The van der Waals surface area contributed by atoms with Crippen molar-refractivity contribution in [1.82, 2.24) is 19.9 Å². The number of esters is 1. The lowest BCUT2D eigenvalue weighted by molar-refractivity contribution is -0.130. The molecule has 1 saturated heterocycles. The number of amides is 1. The third kappa shape index (κ3) is 3.99. The molecule has 3 rings (SSSR count). The number of aromatic nitrogens is 3. The minimum Gasteiger partial charge on any atom is -0.464 e. The predicted octanol–water partition coefficient (Wildman–Crippen LogP) is 2.78. The summed E-state index contributed by atoms with van der Waals surface area (Å²) in [7, 11) is 1.30. The van der Waals surface area contributed by atoms with Crippen LogP contribution in [0.5, 0.6) is 0 Å². The van der Waals surface area contributed by atoms with Gasteiger partial charge in [-0.1, -0.05) is 40.5 Å². The lowest BCUT2D eigenvalue weighted by Crippen LogP contribution is -2.29. The summed E-state index contributed by atoms with van der Waals surface area (Å²) in [6, 6.07) is 5.42. The van der Waals surface area contributed by atoms with Gasteiger partial charge < -0.3 is 9.64 Å². The second-order valence-corrected chi connectivity index (χ2v) is 6.86. The topological polar surface area (TPSA) is 77.3 Å². The van der Waals surface area contributed by atoms with E-state index in [1.807, 2.05) is 12.1 Å². The molecule has 1 fully saturated rings. The van der Waals surface area contributed by atoms with Crippen LogP contribution in [0.15, 0.2) is 24.4 Å². The Hall–Kier alpha value is -2.12. The summed E-state index contributed by atoms with van der Waals surface area (Å²) >= 11 is 12.2. The van der Waals surface area contributed by atoms with Crippen molar-refractivity contribution in [2.24, 2.45) is 0 Å². The first-order valence-corrected chi connectivity index (χ1v) is 8.96. The number of carbonyl (C=O) groups excluding carboxylic acids is 2. The van der Waals surface area contributed by atoms with Crippen LogP contribution >= 0.6 is 23.2 Å². The van der Waals surface area contributed by atoms with Crippen molar-refractivity contribution in [1.29, 1.82) is 0 Å². The molecule has 138 valence electrons. The van der Waals surface area contributed by atoms with Crippen LogP contribution in [-0.2, 0) is 16.0 Å². The zero-order valence-corrected chi connectivity index (χ0v) is 15.7. The van der Waals surface area contributed by atoms with Gasteiger partial charge in [0.15, 0.2) is 5.69 Å². The molecule has 7 nitrogen and oxygen atoms in total. The van der Waals surface area contributed by atoms with Gasteiger partial charge in [-0.3, -0.25) is 4.79 Å². The first-order valence-electron chi connectivity index (χ1n) is 8.20. The van der Waals surface area contributed by atoms with Gasteiger partial charge in [-0.05, 0) is 24.5 Å². The molecule has 0 bridgehead atoms. The normalized spacial score (nSPS) is 16.7. The fraction of sp³-hybridized carbons (Fsp3) is 0.412. The molecule has 9 heteroatoms. The molecule has 1 atom stereocenters. The Bertz CT molecular complexity index is 824. The van der Waals surface area contributed by atoms with E-state index in [-0.39, 0.29) is 17.6 Å². The van der Waals surface area contributed by atoms with E-state index in [1.54, 1.807) is 21.8 Å². The molecule has 0 saturated carbocycles. The van der Waals surface area contributed by atoms with Crippen molar-refractivity contribution in [3.8, 4) is 0 Å². The molecule has 2 heterocycles. The molecule has 1 aromatic heterocycles. The molecule has 0 spiro atoms. The molecule has 1 aromatic carbocycles. The van der Waals surface area contributed by atoms with Crippen LogP contribution in [0.3, 0.4) is 0 Å². The van der Waals surface area contributed by atoms with Crippen LogP contribution in [0.4, 0.5) is 0 Å². The highest BCUT2D eigenvalue weighted by Gasteiger charge is 2.28. The smallest absolute Gasteiger partial charge is 0.360 e. The summed E-state index contributed by atoms with van der Waals surface area (Å²) in [6.45, 7) is 1.17. The minimum absolute atomic E-state index is 0.000358. The molecule has 0 N–H and O–H groups in total. The number of hydrogen-bond acceptors (Lipinski definition) is 5. The fourth-order valence-corrected chi connectivity index (χ4v) is 3.39. The minimum atomic E-state index is -0.527. The van der Waals surface area contributed by atoms with Crippen molar-refractivity contribution in [2.45, 2.75) is 25.3 Å². The van der Waals surface area contributed by atoms with Gasteiger partial charge in [-0.2, -0.15) is 0 Å². The van der Waals surface area contributed by atoms with E-state index in [1.165, 1.54) is 7.11 Å². The van der Waals surface area contributed by atoms with Gasteiger partial charge >= 0.3 is 5.97 Å². The number of nitrogens with zero attached hydrogens (tertiary/aromatic N) is 4. The first-order chi connectivity index (χ1) is 12.5. The molecular formula is C17H18Cl2N4O3. The highest BCUT2D eigenvalue weighted by atomic mass is 35.5. The number of methoxy groups -OCH3 is 1. The summed E-state index contributed by atoms with van der Waals surface area (Å²) < 4.78 is 6.24. The van der Waals surface area contributed by atoms with Crippen molar-refractivity contribution < 1.29 is 14.3 Å². The van der Waals surface area contributed by atoms with Gasteiger partial charge in [-0.25, -0.2) is 9.48 Å². The fourth-order valence-electron chi connectivity index (χ4n) is 2.98. The maximum atomic E-state index is 12.5. The Kier molecular flexibility index (Phi) is 5.78. The van der Waals surface area contributed by atoms with Crippen molar-refractivity contribution in [3.63, 3.8) is 0 Å². The summed E-state index contributed by atoms with van der Waals surface area (Å²) in [5.74, 6) is -0.475. The average molecular weight is 397 g/mol. The Labute approximate surface area is 160 Å². The summed E-state index contributed by atoms with van der Waals surface area (Å²) in [6.07, 6.45) is 3.20. The molecule has 26 heavy (non-hydrogen) atoms. The number of halogens is 2. The maximum absolute atomic E-state index is 12.5. The van der Waals surface area contributed by atoms with E-state index >= 15 is 0 Å². The lowest BCUT2D eigenvalue weighted by atomic mass is 10.1. The molecule has 0 aliphatic carbocycles. The third-order valence-corrected chi connectivity index (χ3v) is 5.29. The lowest BCUT2D eigenvalue weighted by Gasteiger charge is -2.16. The van der Waals surface area contributed by atoms with Gasteiger partial charge in [0, 0.05) is 19.5 Å². The zero-order chi connectivity index (χ0) is 18.7. The van der Waals surface area contributed by atoms with Crippen LogP contribution in [-0.4, -0.2) is 52.0 Å². The Morgan fingerprint density at radius 3 is 2.92 bits per heavy atom. The van der Waals surface area contributed by atoms with E-state index in [0.717, 1.165) is 12.0 Å². The quantitative estimate of drug-likeness (QED) is 0.726. The SMILES string of the molecule is COC(=O)c1cn([C@@H]2CCN(C(=O)CCc3cccc(Cl)c3Cl)C2)nn1. The molecular weight excluding hydrogens is 379 g/mol. The van der Waals surface area contributed by atoms with Crippen molar-refractivity contribution >= 4 is 35.1 Å². The number of ether oxygens (including phenoxy) is 1. The zero-order valence-electron chi connectivity index (χ0n) is 14.2. The monoisotopic (exact) mass is 396 g/mol.